The Hall–Kier alpha value is -1.00. The summed E-state index contributed by atoms with van der Waals surface area (Å²) in [5, 5.41) is -0.0569. The van der Waals surface area contributed by atoms with Gasteiger partial charge in [0.25, 0.3) is 0 Å². The molecule has 0 fully saturated rings. The van der Waals surface area contributed by atoms with Crippen molar-refractivity contribution in [2.45, 2.75) is 25.5 Å². The zero-order valence-corrected chi connectivity index (χ0v) is 13.4. The van der Waals surface area contributed by atoms with Gasteiger partial charge in [0.05, 0.1) is 0 Å². The van der Waals surface area contributed by atoms with Gasteiger partial charge in [-0.2, -0.15) is 0 Å². The van der Waals surface area contributed by atoms with Gasteiger partial charge in [0, 0.05) is 13.6 Å². The number of nitrogens with zero attached hydrogens (tertiary/aromatic N) is 1. The van der Waals surface area contributed by atoms with Crippen LogP contribution in [0.1, 0.15) is 30.2 Å². The van der Waals surface area contributed by atoms with E-state index < -0.39 is 0 Å². The molecule has 1 amide bonds. The summed E-state index contributed by atoms with van der Waals surface area (Å²) < 4.78 is 0. The largest absolute Gasteiger partial charge is 0.344 e. The van der Waals surface area contributed by atoms with E-state index in [1.165, 1.54) is 11.1 Å². The summed E-state index contributed by atoms with van der Waals surface area (Å²) >= 11 is 1.75. The van der Waals surface area contributed by atoms with Crippen molar-refractivity contribution in [2.75, 3.05) is 25.9 Å². The molecule has 0 saturated carbocycles. The molecule has 0 spiro atoms. The number of benzene rings is 1. The normalized spacial score (nSPS) is 18.5. The van der Waals surface area contributed by atoms with Crippen LogP contribution >= 0.6 is 11.8 Å². The van der Waals surface area contributed by atoms with Crippen molar-refractivity contribution in [1.29, 1.82) is 0 Å². The van der Waals surface area contributed by atoms with Gasteiger partial charge in [-0.05, 0) is 35.3 Å². The number of carbonyl (C=O) groups is 1. The van der Waals surface area contributed by atoms with Crippen LogP contribution < -0.4 is 5.73 Å². The molecule has 1 aliphatic rings. The van der Waals surface area contributed by atoms with E-state index in [4.69, 9.17) is 5.73 Å². The first-order valence-corrected chi connectivity index (χ1v) is 8.14. The number of aryl methyl sites for hydroxylation is 1. The summed E-state index contributed by atoms with van der Waals surface area (Å²) in [6, 6.07) is 8.30. The van der Waals surface area contributed by atoms with Gasteiger partial charge in [0.2, 0.25) is 5.91 Å². The van der Waals surface area contributed by atoms with Crippen molar-refractivity contribution < 1.29 is 4.79 Å². The number of fused-ring (bicyclic) bond motifs is 1. The van der Waals surface area contributed by atoms with E-state index in [0.717, 1.165) is 12.2 Å². The summed E-state index contributed by atoms with van der Waals surface area (Å²) in [6.07, 6.45) is 1.06. The van der Waals surface area contributed by atoms with E-state index in [9.17, 15) is 4.79 Å². The standard InChI is InChI=1S/C16H24N2OS/c1-16(2,10-17)11-18(3)15(19)14-13-7-5-4-6-12(13)8-9-20-14/h4-7,14H,8-11,17H2,1-3H3. The van der Waals surface area contributed by atoms with E-state index in [-0.39, 0.29) is 16.6 Å². The first-order valence-electron chi connectivity index (χ1n) is 7.09. The molecule has 1 unspecified atom stereocenters. The average Bonchev–Trinajstić information content (AvgIpc) is 2.45. The maximum absolute atomic E-state index is 12.7. The Morgan fingerprint density at radius 2 is 2.15 bits per heavy atom. The summed E-state index contributed by atoms with van der Waals surface area (Å²) in [5.41, 5.74) is 8.23. The second-order valence-electron chi connectivity index (χ2n) is 6.26. The Kier molecular flexibility index (Phi) is 4.76. The Morgan fingerprint density at radius 3 is 2.85 bits per heavy atom. The fourth-order valence-electron chi connectivity index (χ4n) is 2.58. The van der Waals surface area contributed by atoms with Gasteiger partial charge in [-0.1, -0.05) is 38.1 Å². The maximum atomic E-state index is 12.7. The zero-order chi connectivity index (χ0) is 14.8. The first kappa shape index (κ1) is 15.4. The maximum Gasteiger partial charge on any atom is 0.239 e. The molecule has 110 valence electrons. The molecule has 0 aromatic heterocycles. The first-order chi connectivity index (χ1) is 9.44. The van der Waals surface area contributed by atoms with Gasteiger partial charge in [0.1, 0.15) is 5.25 Å². The van der Waals surface area contributed by atoms with E-state index in [2.05, 4.69) is 32.0 Å². The van der Waals surface area contributed by atoms with Crippen LogP contribution in [-0.2, 0) is 11.2 Å². The van der Waals surface area contributed by atoms with Crippen LogP contribution in [0.4, 0.5) is 0 Å². The number of hydrogen-bond donors (Lipinski definition) is 1. The summed E-state index contributed by atoms with van der Waals surface area (Å²) in [6.45, 7) is 5.47. The Labute approximate surface area is 125 Å². The van der Waals surface area contributed by atoms with Crippen molar-refractivity contribution >= 4 is 17.7 Å². The number of rotatable bonds is 4. The number of thioether (sulfide) groups is 1. The molecule has 2 rings (SSSR count). The number of carbonyl (C=O) groups excluding carboxylic acids is 1. The van der Waals surface area contributed by atoms with Gasteiger partial charge in [-0.15, -0.1) is 11.8 Å². The topological polar surface area (TPSA) is 46.3 Å². The van der Waals surface area contributed by atoms with Crippen molar-refractivity contribution in [2.24, 2.45) is 11.1 Å². The lowest BCUT2D eigenvalue weighted by molar-refractivity contribution is -0.130. The predicted molar refractivity (Wildman–Crippen MR) is 85.8 cm³/mol. The molecule has 1 aromatic rings. The van der Waals surface area contributed by atoms with Gasteiger partial charge < -0.3 is 10.6 Å². The number of amides is 1. The van der Waals surface area contributed by atoms with Crippen LogP contribution in [0, 0.1) is 5.41 Å². The lowest BCUT2D eigenvalue weighted by atomic mass is 9.93. The fraction of sp³-hybridized carbons (Fsp3) is 0.562. The lowest BCUT2D eigenvalue weighted by Gasteiger charge is -2.33. The average molecular weight is 292 g/mol. The number of hydrogen-bond acceptors (Lipinski definition) is 3. The van der Waals surface area contributed by atoms with E-state index in [1.807, 2.05) is 18.0 Å². The summed E-state index contributed by atoms with van der Waals surface area (Å²) in [5.74, 6) is 1.21. The predicted octanol–water partition coefficient (Wildman–Crippen LogP) is 2.46. The molecule has 0 bridgehead atoms. The molecule has 1 aromatic carbocycles. The second kappa shape index (κ2) is 6.19. The van der Waals surface area contributed by atoms with Crippen LogP contribution in [0.25, 0.3) is 0 Å². The highest BCUT2D eigenvalue weighted by atomic mass is 32.2. The molecule has 1 heterocycles. The third-order valence-electron chi connectivity index (χ3n) is 3.81. The van der Waals surface area contributed by atoms with Crippen LogP contribution in [0.5, 0.6) is 0 Å². The van der Waals surface area contributed by atoms with Crippen LogP contribution in [0.3, 0.4) is 0 Å². The molecule has 4 heteroatoms. The minimum atomic E-state index is -0.0569. The van der Waals surface area contributed by atoms with Crippen molar-refractivity contribution in [3.8, 4) is 0 Å². The lowest BCUT2D eigenvalue weighted by Crippen LogP contribution is -2.41. The van der Waals surface area contributed by atoms with Gasteiger partial charge in [-0.3, -0.25) is 4.79 Å². The molecule has 0 aliphatic carbocycles. The summed E-state index contributed by atoms with van der Waals surface area (Å²) in [7, 11) is 1.89. The fourth-order valence-corrected chi connectivity index (χ4v) is 3.89. The molecule has 0 saturated heterocycles. The van der Waals surface area contributed by atoms with Crippen molar-refractivity contribution in [3.63, 3.8) is 0 Å². The van der Waals surface area contributed by atoms with E-state index >= 15 is 0 Å². The minimum absolute atomic E-state index is 0.0384. The highest BCUT2D eigenvalue weighted by molar-refractivity contribution is 8.00. The van der Waals surface area contributed by atoms with Crippen molar-refractivity contribution in [3.05, 3.63) is 35.4 Å². The molecular weight excluding hydrogens is 268 g/mol. The third-order valence-corrected chi connectivity index (χ3v) is 5.04. The Balaban J connectivity index is 2.14. The van der Waals surface area contributed by atoms with Crippen molar-refractivity contribution in [1.82, 2.24) is 4.90 Å². The number of likely N-dealkylation sites (N-methyl/N-ethyl adjacent to an activating group) is 1. The Morgan fingerprint density at radius 1 is 1.45 bits per heavy atom. The molecular formula is C16H24N2OS. The molecule has 1 aliphatic heterocycles. The van der Waals surface area contributed by atoms with Gasteiger partial charge >= 0.3 is 0 Å². The molecule has 2 N–H and O–H groups in total. The molecule has 3 nitrogen and oxygen atoms in total. The van der Waals surface area contributed by atoms with Gasteiger partial charge in [0.15, 0.2) is 0 Å². The quantitative estimate of drug-likeness (QED) is 0.927. The number of nitrogens with two attached hydrogens (primary N) is 1. The summed E-state index contributed by atoms with van der Waals surface area (Å²) in [4.78, 5) is 14.6. The van der Waals surface area contributed by atoms with Crippen LogP contribution in [0.2, 0.25) is 0 Å². The molecule has 20 heavy (non-hydrogen) atoms. The minimum Gasteiger partial charge on any atom is -0.344 e. The monoisotopic (exact) mass is 292 g/mol. The third kappa shape index (κ3) is 3.36. The molecule has 0 radical (unpaired) electrons. The van der Waals surface area contributed by atoms with Gasteiger partial charge in [-0.25, -0.2) is 0 Å². The van der Waals surface area contributed by atoms with Crippen LogP contribution in [0.15, 0.2) is 24.3 Å². The highest BCUT2D eigenvalue weighted by Crippen LogP contribution is 2.38. The zero-order valence-electron chi connectivity index (χ0n) is 12.6. The Bertz CT molecular complexity index is 487. The second-order valence-corrected chi connectivity index (χ2v) is 7.48. The van der Waals surface area contributed by atoms with E-state index in [0.29, 0.717) is 13.1 Å². The highest BCUT2D eigenvalue weighted by Gasteiger charge is 2.31. The molecule has 1 atom stereocenters. The smallest absolute Gasteiger partial charge is 0.239 e. The van der Waals surface area contributed by atoms with E-state index in [1.54, 1.807) is 11.8 Å². The SMILES string of the molecule is CN(CC(C)(C)CN)C(=O)C1SCCc2ccccc21. The van der Waals surface area contributed by atoms with Crippen LogP contribution in [-0.4, -0.2) is 36.7 Å².